The van der Waals surface area contributed by atoms with E-state index in [1.165, 1.54) is 0 Å². The van der Waals surface area contributed by atoms with Gasteiger partial charge in [-0.05, 0) is 48.4 Å². The number of benzene rings is 2. The summed E-state index contributed by atoms with van der Waals surface area (Å²) in [5.74, 6) is 1.24. The van der Waals surface area contributed by atoms with E-state index in [4.69, 9.17) is 21.1 Å². The van der Waals surface area contributed by atoms with Crippen molar-refractivity contribution in [3.63, 3.8) is 0 Å². The first-order chi connectivity index (χ1) is 16.0. The zero-order chi connectivity index (χ0) is 23.2. The normalized spacial score (nSPS) is 14.0. The Balaban J connectivity index is 1.32. The van der Waals surface area contributed by atoms with Crippen LogP contribution in [0.5, 0.6) is 11.5 Å². The number of anilines is 1. The van der Waals surface area contributed by atoms with Gasteiger partial charge in [0.2, 0.25) is 11.0 Å². The van der Waals surface area contributed by atoms with Crippen LogP contribution in [0.15, 0.2) is 48.5 Å². The molecule has 3 aromatic rings. The number of amides is 1. The minimum atomic E-state index is -0.00914. The molecule has 1 aliphatic heterocycles. The fraction of sp³-hybridized carbons (Fsp3) is 0.292. The van der Waals surface area contributed by atoms with Gasteiger partial charge in [-0.2, -0.15) is 0 Å². The quantitative estimate of drug-likeness (QED) is 0.461. The van der Waals surface area contributed by atoms with Crippen molar-refractivity contribution in [3.8, 4) is 11.5 Å². The van der Waals surface area contributed by atoms with E-state index in [1.807, 2.05) is 54.3 Å². The fourth-order valence-corrected chi connectivity index (χ4v) is 4.32. The van der Waals surface area contributed by atoms with Crippen LogP contribution in [0.4, 0.5) is 5.13 Å². The van der Waals surface area contributed by atoms with E-state index in [0.717, 1.165) is 34.4 Å². The highest BCUT2D eigenvalue weighted by Gasteiger charge is 2.21. The van der Waals surface area contributed by atoms with E-state index >= 15 is 0 Å². The lowest BCUT2D eigenvalue weighted by atomic mass is 10.1. The molecule has 0 aliphatic carbocycles. The second kappa shape index (κ2) is 10.7. The summed E-state index contributed by atoms with van der Waals surface area (Å²) in [5.41, 5.74) is 1.87. The van der Waals surface area contributed by atoms with Gasteiger partial charge in [0.25, 0.3) is 0 Å². The van der Waals surface area contributed by atoms with Crippen LogP contribution in [0.25, 0.3) is 6.08 Å². The molecule has 0 bridgehead atoms. The molecule has 0 spiro atoms. The first kappa shape index (κ1) is 23.1. The molecule has 0 atom stereocenters. The van der Waals surface area contributed by atoms with Gasteiger partial charge >= 0.3 is 0 Å². The second-order valence-electron chi connectivity index (χ2n) is 7.57. The number of methoxy groups -OCH3 is 1. The molecule has 0 radical (unpaired) electrons. The molecular formula is C24H25ClN4O3S. The average Bonchev–Trinajstić information content (AvgIpc) is 3.28. The van der Waals surface area contributed by atoms with Gasteiger partial charge in [0, 0.05) is 37.3 Å². The van der Waals surface area contributed by atoms with E-state index < -0.39 is 0 Å². The van der Waals surface area contributed by atoms with Crippen LogP contribution in [0.2, 0.25) is 5.02 Å². The van der Waals surface area contributed by atoms with Crippen molar-refractivity contribution in [2.24, 2.45) is 0 Å². The van der Waals surface area contributed by atoms with Crippen molar-refractivity contribution in [3.05, 3.63) is 69.7 Å². The summed E-state index contributed by atoms with van der Waals surface area (Å²) in [7, 11) is 1.60. The SMILES string of the molecule is COc1cc(/C=C/C(=O)N2CCN(c3nnc(C)s3)CC2)ccc1OCc1ccc(Cl)cc1. The topological polar surface area (TPSA) is 67.8 Å². The van der Waals surface area contributed by atoms with Gasteiger partial charge in [0.1, 0.15) is 11.6 Å². The number of hydrogen-bond acceptors (Lipinski definition) is 7. The highest BCUT2D eigenvalue weighted by molar-refractivity contribution is 7.15. The highest BCUT2D eigenvalue weighted by atomic mass is 35.5. The Kier molecular flexibility index (Phi) is 7.47. The maximum Gasteiger partial charge on any atom is 0.246 e. The molecule has 1 aromatic heterocycles. The monoisotopic (exact) mass is 484 g/mol. The Bertz CT molecular complexity index is 1120. The molecule has 0 unspecified atom stereocenters. The summed E-state index contributed by atoms with van der Waals surface area (Å²) in [6.07, 6.45) is 3.40. The third-order valence-electron chi connectivity index (χ3n) is 5.29. The third-order valence-corrected chi connectivity index (χ3v) is 6.44. The van der Waals surface area contributed by atoms with E-state index in [2.05, 4.69) is 15.1 Å². The van der Waals surface area contributed by atoms with Gasteiger partial charge in [-0.15, -0.1) is 10.2 Å². The summed E-state index contributed by atoms with van der Waals surface area (Å²) >= 11 is 7.50. The summed E-state index contributed by atoms with van der Waals surface area (Å²) < 4.78 is 11.4. The molecular weight excluding hydrogens is 460 g/mol. The average molecular weight is 485 g/mol. The van der Waals surface area contributed by atoms with Crippen LogP contribution >= 0.6 is 22.9 Å². The van der Waals surface area contributed by atoms with Crippen molar-refractivity contribution in [1.29, 1.82) is 0 Å². The number of ether oxygens (including phenoxy) is 2. The van der Waals surface area contributed by atoms with Gasteiger partial charge in [0.15, 0.2) is 11.5 Å². The number of aryl methyl sites for hydroxylation is 1. The van der Waals surface area contributed by atoms with E-state index in [-0.39, 0.29) is 5.91 Å². The minimum absolute atomic E-state index is 0.00914. The zero-order valence-corrected chi connectivity index (χ0v) is 20.1. The van der Waals surface area contributed by atoms with Gasteiger partial charge in [0.05, 0.1) is 7.11 Å². The van der Waals surface area contributed by atoms with Crippen LogP contribution in [0, 0.1) is 6.92 Å². The zero-order valence-electron chi connectivity index (χ0n) is 18.5. The number of carbonyl (C=O) groups is 1. The standard InChI is InChI=1S/C24H25ClN4O3S/c1-17-26-27-24(33-17)29-13-11-28(12-14-29)23(30)10-6-18-5-9-21(22(15-18)31-2)32-16-19-3-7-20(25)8-4-19/h3-10,15H,11-14,16H2,1-2H3/b10-6+. The number of aromatic nitrogens is 2. The molecule has 1 amide bonds. The third kappa shape index (κ3) is 6.03. The molecule has 33 heavy (non-hydrogen) atoms. The molecule has 0 N–H and O–H groups in total. The number of carbonyl (C=O) groups excluding carboxylic acids is 1. The number of hydrogen-bond donors (Lipinski definition) is 0. The lowest BCUT2D eigenvalue weighted by Crippen LogP contribution is -2.48. The Labute approximate surface area is 202 Å². The minimum Gasteiger partial charge on any atom is -0.493 e. The van der Waals surface area contributed by atoms with Crippen molar-refractivity contribution in [2.45, 2.75) is 13.5 Å². The molecule has 4 rings (SSSR count). The lowest BCUT2D eigenvalue weighted by molar-refractivity contribution is -0.126. The Morgan fingerprint density at radius 2 is 1.85 bits per heavy atom. The Morgan fingerprint density at radius 3 is 2.52 bits per heavy atom. The van der Waals surface area contributed by atoms with Crippen LogP contribution in [0.1, 0.15) is 16.1 Å². The predicted molar refractivity (Wildman–Crippen MR) is 131 cm³/mol. The molecule has 1 fully saturated rings. The molecule has 172 valence electrons. The molecule has 1 aliphatic rings. The van der Waals surface area contributed by atoms with Gasteiger partial charge in [-0.25, -0.2) is 0 Å². The molecule has 2 aromatic carbocycles. The summed E-state index contributed by atoms with van der Waals surface area (Å²) in [4.78, 5) is 16.7. The van der Waals surface area contributed by atoms with Crippen LogP contribution in [-0.4, -0.2) is 54.3 Å². The number of nitrogens with zero attached hydrogens (tertiary/aromatic N) is 4. The summed E-state index contributed by atoms with van der Waals surface area (Å²) in [5, 5.41) is 10.8. The smallest absolute Gasteiger partial charge is 0.246 e. The molecule has 0 saturated carbocycles. The van der Waals surface area contributed by atoms with Crippen molar-refractivity contribution < 1.29 is 14.3 Å². The van der Waals surface area contributed by atoms with Crippen molar-refractivity contribution in [1.82, 2.24) is 15.1 Å². The lowest BCUT2D eigenvalue weighted by Gasteiger charge is -2.33. The maximum absolute atomic E-state index is 12.7. The molecule has 9 heteroatoms. The van der Waals surface area contributed by atoms with Crippen LogP contribution in [-0.2, 0) is 11.4 Å². The first-order valence-electron chi connectivity index (χ1n) is 10.6. The Hall–Kier alpha value is -3.10. The largest absolute Gasteiger partial charge is 0.493 e. The Morgan fingerprint density at radius 1 is 1.09 bits per heavy atom. The van der Waals surface area contributed by atoms with E-state index in [9.17, 15) is 4.79 Å². The summed E-state index contributed by atoms with van der Waals surface area (Å²) in [6, 6.07) is 13.1. The van der Waals surface area contributed by atoms with E-state index in [1.54, 1.807) is 30.6 Å². The molecule has 1 saturated heterocycles. The van der Waals surface area contributed by atoms with Crippen LogP contribution in [0.3, 0.4) is 0 Å². The summed E-state index contributed by atoms with van der Waals surface area (Å²) in [6.45, 7) is 5.16. The predicted octanol–water partition coefficient (Wildman–Crippen LogP) is 4.45. The van der Waals surface area contributed by atoms with Crippen molar-refractivity contribution >= 4 is 40.1 Å². The fourth-order valence-electron chi connectivity index (χ4n) is 3.45. The maximum atomic E-state index is 12.7. The first-order valence-corrected chi connectivity index (χ1v) is 11.8. The second-order valence-corrected chi connectivity index (χ2v) is 9.17. The van der Waals surface area contributed by atoms with E-state index in [0.29, 0.717) is 36.2 Å². The number of rotatable bonds is 7. The van der Waals surface area contributed by atoms with Gasteiger partial charge in [-0.3, -0.25) is 4.79 Å². The number of halogens is 1. The van der Waals surface area contributed by atoms with Gasteiger partial charge in [-0.1, -0.05) is 41.1 Å². The number of piperazine rings is 1. The highest BCUT2D eigenvalue weighted by Crippen LogP contribution is 2.29. The van der Waals surface area contributed by atoms with Gasteiger partial charge < -0.3 is 19.3 Å². The molecule has 2 heterocycles. The van der Waals surface area contributed by atoms with Crippen molar-refractivity contribution in [2.75, 3.05) is 38.2 Å². The van der Waals surface area contributed by atoms with Crippen LogP contribution < -0.4 is 14.4 Å². The molecule has 7 nitrogen and oxygen atoms in total.